The Morgan fingerprint density at radius 2 is 1.94 bits per heavy atom. The third-order valence-corrected chi connectivity index (χ3v) is 3.98. The number of Topliss-reactive ketones (excluding diaryl/α,β-unsaturated/α-hetero) is 1. The zero-order valence-corrected chi connectivity index (χ0v) is 10.9. The summed E-state index contributed by atoms with van der Waals surface area (Å²) < 4.78 is 0. The highest BCUT2D eigenvalue weighted by Gasteiger charge is 2.13. The van der Waals surface area contributed by atoms with Crippen molar-refractivity contribution in [3.63, 3.8) is 0 Å². The number of hydrogen-bond acceptors (Lipinski definition) is 1. The Morgan fingerprint density at radius 1 is 1.22 bits per heavy atom. The van der Waals surface area contributed by atoms with Crippen LogP contribution in [-0.4, -0.2) is 10.8 Å². The number of rotatable bonds is 3. The number of aryl methyl sites for hydroxylation is 3. The minimum atomic E-state index is 0.266. The number of benzene rings is 1. The van der Waals surface area contributed by atoms with E-state index in [1.807, 2.05) is 0 Å². The molecule has 0 atom stereocenters. The molecule has 0 radical (unpaired) electrons. The van der Waals surface area contributed by atoms with Crippen LogP contribution in [0.25, 0.3) is 10.9 Å². The molecule has 2 nitrogen and oxygen atoms in total. The molecular formula is C16H19NO. The predicted molar refractivity (Wildman–Crippen MR) is 73.9 cm³/mol. The van der Waals surface area contributed by atoms with E-state index in [1.54, 1.807) is 6.92 Å². The smallest absolute Gasteiger partial charge is 0.130 e. The summed E-state index contributed by atoms with van der Waals surface area (Å²) in [4.78, 5) is 14.4. The van der Waals surface area contributed by atoms with Gasteiger partial charge in [0.25, 0.3) is 0 Å². The second-order valence-corrected chi connectivity index (χ2v) is 5.39. The van der Waals surface area contributed by atoms with Crippen LogP contribution in [0.15, 0.2) is 18.3 Å². The SMILES string of the molecule is CC(=O)CCc1c[nH]c2cc3c(cc12)CCCC3. The van der Waals surface area contributed by atoms with Crippen LogP contribution in [0.1, 0.15) is 42.9 Å². The van der Waals surface area contributed by atoms with Gasteiger partial charge in [-0.25, -0.2) is 0 Å². The van der Waals surface area contributed by atoms with Gasteiger partial charge in [-0.2, -0.15) is 0 Å². The summed E-state index contributed by atoms with van der Waals surface area (Å²) in [5.41, 5.74) is 5.54. The Balaban J connectivity index is 1.99. The quantitative estimate of drug-likeness (QED) is 0.875. The van der Waals surface area contributed by atoms with Crippen LogP contribution in [0.5, 0.6) is 0 Å². The maximum absolute atomic E-state index is 11.1. The van der Waals surface area contributed by atoms with Crippen LogP contribution in [0.4, 0.5) is 0 Å². The van der Waals surface area contributed by atoms with E-state index in [1.165, 1.54) is 53.3 Å². The lowest BCUT2D eigenvalue weighted by molar-refractivity contribution is -0.116. The van der Waals surface area contributed by atoms with Crippen LogP contribution in [0.3, 0.4) is 0 Å². The fraction of sp³-hybridized carbons (Fsp3) is 0.438. The maximum atomic E-state index is 11.1. The zero-order valence-electron chi connectivity index (χ0n) is 10.9. The second-order valence-electron chi connectivity index (χ2n) is 5.39. The molecule has 0 spiro atoms. The number of nitrogens with one attached hydrogen (secondary N) is 1. The Labute approximate surface area is 107 Å². The largest absolute Gasteiger partial charge is 0.361 e. The van der Waals surface area contributed by atoms with Gasteiger partial charge in [-0.05, 0) is 67.9 Å². The van der Waals surface area contributed by atoms with Gasteiger partial charge in [0.2, 0.25) is 0 Å². The number of carbonyl (C=O) groups is 1. The summed E-state index contributed by atoms with van der Waals surface area (Å²) in [5, 5.41) is 1.32. The monoisotopic (exact) mass is 241 g/mol. The minimum Gasteiger partial charge on any atom is -0.361 e. The molecule has 2 aromatic rings. The van der Waals surface area contributed by atoms with Crippen molar-refractivity contribution in [3.05, 3.63) is 35.0 Å². The normalized spacial score (nSPS) is 14.7. The van der Waals surface area contributed by atoms with Crippen LogP contribution < -0.4 is 0 Å². The van der Waals surface area contributed by atoms with Gasteiger partial charge in [0.05, 0.1) is 0 Å². The molecule has 0 saturated heterocycles. The zero-order chi connectivity index (χ0) is 12.5. The first-order valence-corrected chi connectivity index (χ1v) is 6.85. The molecule has 94 valence electrons. The highest BCUT2D eigenvalue weighted by Crippen LogP contribution is 2.28. The first kappa shape index (κ1) is 11.5. The molecule has 0 aliphatic heterocycles. The Hall–Kier alpha value is -1.57. The highest BCUT2D eigenvalue weighted by atomic mass is 16.1. The Kier molecular flexibility index (Phi) is 2.94. The van der Waals surface area contributed by atoms with Crippen molar-refractivity contribution >= 4 is 16.7 Å². The molecule has 0 unspecified atom stereocenters. The van der Waals surface area contributed by atoms with Gasteiger partial charge in [0, 0.05) is 23.5 Å². The second kappa shape index (κ2) is 4.60. The topological polar surface area (TPSA) is 32.9 Å². The Bertz CT molecular complexity index is 594. The van der Waals surface area contributed by atoms with E-state index in [9.17, 15) is 4.79 Å². The molecule has 1 N–H and O–H groups in total. The molecule has 2 heteroatoms. The standard InChI is InChI=1S/C16H19NO/c1-11(18)6-7-14-10-17-16-9-13-5-3-2-4-12(13)8-15(14)16/h8-10,17H,2-7H2,1H3. The molecule has 18 heavy (non-hydrogen) atoms. The van der Waals surface area contributed by atoms with Crippen molar-refractivity contribution in [2.24, 2.45) is 0 Å². The summed E-state index contributed by atoms with van der Waals surface area (Å²) in [7, 11) is 0. The molecule has 0 fully saturated rings. The average Bonchev–Trinajstić information content (AvgIpc) is 2.76. The molecule has 1 aromatic heterocycles. The van der Waals surface area contributed by atoms with Gasteiger partial charge in [0.1, 0.15) is 5.78 Å². The van der Waals surface area contributed by atoms with Crippen LogP contribution in [0.2, 0.25) is 0 Å². The van der Waals surface area contributed by atoms with E-state index in [4.69, 9.17) is 0 Å². The summed E-state index contributed by atoms with van der Waals surface area (Å²) in [6, 6.07) is 4.65. The van der Waals surface area contributed by atoms with Gasteiger partial charge in [0.15, 0.2) is 0 Å². The average molecular weight is 241 g/mol. The van der Waals surface area contributed by atoms with Gasteiger partial charge in [-0.15, -0.1) is 0 Å². The number of aromatic amines is 1. The highest BCUT2D eigenvalue weighted by molar-refractivity contribution is 5.85. The molecule has 1 aliphatic carbocycles. The Morgan fingerprint density at radius 3 is 2.67 bits per heavy atom. The molecular weight excluding hydrogens is 222 g/mol. The molecule has 1 aromatic carbocycles. The van der Waals surface area contributed by atoms with Crippen molar-refractivity contribution in [1.29, 1.82) is 0 Å². The first-order chi connectivity index (χ1) is 8.74. The minimum absolute atomic E-state index is 0.266. The molecule has 0 saturated carbocycles. The van der Waals surface area contributed by atoms with E-state index in [2.05, 4.69) is 23.3 Å². The number of carbonyl (C=O) groups excluding carboxylic acids is 1. The predicted octanol–water partition coefficient (Wildman–Crippen LogP) is 3.57. The van der Waals surface area contributed by atoms with E-state index < -0.39 is 0 Å². The summed E-state index contributed by atoms with van der Waals surface area (Å²) in [6.07, 6.45) is 8.62. The maximum Gasteiger partial charge on any atom is 0.130 e. The number of ketones is 1. The summed E-state index contributed by atoms with van der Waals surface area (Å²) >= 11 is 0. The van der Waals surface area contributed by atoms with Crippen molar-refractivity contribution < 1.29 is 4.79 Å². The molecule has 0 bridgehead atoms. The third-order valence-electron chi connectivity index (χ3n) is 3.98. The van der Waals surface area contributed by atoms with Crippen LogP contribution in [0, 0.1) is 0 Å². The number of hydrogen-bond donors (Lipinski definition) is 1. The van der Waals surface area contributed by atoms with E-state index >= 15 is 0 Å². The van der Waals surface area contributed by atoms with Gasteiger partial charge in [-0.3, -0.25) is 0 Å². The fourth-order valence-corrected chi connectivity index (χ4v) is 2.93. The van der Waals surface area contributed by atoms with E-state index in [0.717, 1.165) is 6.42 Å². The van der Waals surface area contributed by atoms with Gasteiger partial charge >= 0.3 is 0 Å². The van der Waals surface area contributed by atoms with Crippen molar-refractivity contribution in [1.82, 2.24) is 4.98 Å². The number of fused-ring (bicyclic) bond motifs is 2. The molecule has 1 heterocycles. The van der Waals surface area contributed by atoms with Crippen LogP contribution >= 0.6 is 0 Å². The van der Waals surface area contributed by atoms with Crippen LogP contribution in [-0.2, 0) is 24.1 Å². The van der Waals surface area contributed by atoms with E-state index in [0.29, 0.717) is 6.42 Å². The van der Waals surface area contributed by atoms with Crippen molar-refractivity contribution in [3.8, 4) is 0 Å². The van der Waals surface area contributed by atoms with Gasteiger partial charge < -0.3 is 9.78 Å². The van der Waals surface area contributed by atoms with Crippen molar-refractivity contribution in [2.75, 3.05) is 0 Å². The lowest BCUT2D eigenvalue weighted by Gasteiger charge is -2.15. The summed E-state index contributed by atoms with van der Waals surface area (Å²) in [6.45, 7) is 1.66. The van der Waals surface area contributed by atoms with Gasteiger partial charge in [-0.1, -0.05) is 0 Å². The lowest BCUT2D eigenvalue weighted by Crippen LogP contribution is -2.02. The summed E-state index contributed by atoms with van der Waals surface area (Å²) in [5.74, 6) is 0.266. The number of aromatic nitrogens is 1. The lowest BCUT2D eigenvalue weighted by atomic mass is 9.90. The fourth-order valence-electron chi connectivity index (χ4n) is 2.93. The molecule has 0 amide bonds. The van der Waals surface area contributed by atoms with E-state index in [-0.39, 0.29) is 5.78 Å². The molecule has 3 rings (SSSR count). The van der Waals surface area contributed by atoms with Crippen molar-refractivity contribution in [2.45, 2.75) is 45.4 Å². The molecule has 1 aliphatic rings. The third kappa shape index (κ3) is 2.07. The first-order valence-electron chi connectivity index (χ1n) is 6.85. The number of H-pyrrole nitrogens is 1.